The summed E-state index contributed by atoms with van der Waals surface area (Å²) in [4.78, 5) is 0. The normalized spacial score (nSPS) is 12.2. The van der Waals surface area contributed by atoms with E-state index in [-0.39, 0.29) is 6.04 Å². The molecule has 0 saturated heterocycles. The second-order valence-corrected chi connectivity index (χ2v) is 5.49. The van der Waals surface area contributed by atoms with Crippen LogP contribution in [-0.4, -0.2) is 13.2 Å². The lowest BCUT2D eigenvalue weighted by Gasteiger charge is -2.17. The Morgan fingerprint density at radius 3 is 2.33 bits per heavy atom. The molecule has 0 amide bonds. The minimum atomic E-state index is -0.357. The van der Waals surface area contributed by atoms with Crippen LogP contribution in [0.1, 0.15) is 36.8 Å². The first kappa shape index (κ1) is 15.9. The predicted molar refractivity (Wildman–Crippen MR) is 86.0 cm³/mol. The number of hydrogen-bond donors (Lipinski definition) is 1. The van der Waals surface area contributed by atoms with Gasteiger partial charge in [0.1, 0.15) is 5.76 Å². The van der Waals surface area contributed by atoms with E-state index in [9.17, 15) is 0 Å². The quantitative estimate of drug-likeness (QED) is 0.845. The van der Waals surface area contributed by atoms with E-state index in [1.54, 1.807) is 6.26 Å². The van der Waals surface area contributed by atoms with E-state index in [1.165, 1.54) is 0 Å². The van der Waals surface area contributed by atoms with Crippen LogP contribution in [0.15, 0.2) is 33.4 Å². The van der Waals surface area contributed by atoms with Gasteiger partial charge in [-0.2, -0.15) is 0 Å². The third kappa shape index (κ3) is 3.41. The molecule has 0 fully saturated rings. The first-order valence-electron chi connectivity index (χ1n) is 6.97. The van der Waals surface area contributed by atoms with Crippen molar-refractivity contribution in [3.63, 3.8) is 0 Å². The third-order valence-corrected chi connectivity index (χ3v) is 3.87. The number of hydrogen-bond acceptors (Lipinski definition) is 4. The van der Waals surface area contributed by atoms with Gasteiger partial charge < -0.3 is 19.6 Å². The average molecular weight is 354 g/mol. The SMILES string of the molecule is CCOc1cc(Br)c(C(N)c2occc2C)cc1OCC. The largest absolute Gasteiger partial charge is 0.490 e. The van der Waals surface area contributed by atoms with Gasteiger partial charge in [0.05, 0.1) is 25.5 Å². The van der Waals surface area contributed by atoms with Crippen molar-refractivity contribution < 1.29 is 13.9 Å². The molecule has 2 aromatic rings. The van der Waals surface area contributed by atoms with Gasteiger partial charge in [0.25, 0.3) is 0 Å². The Hall–Kier alpha value is -1.46. The van der Waals surface area contributed by atoms with Gasteiger partial charge in [0.15, 0.2) is 11.5 Å². The number of rotatable bonds is 6. The zero-order valence-electron chi connectivity index (χ0n) is 12.5. The highest BCUT2D eigenvalue weighted by Crippen LogP contribution is 2.38. The van der Waals surface area contributed by atoms with Gasteiger partial charge >= 0.3 is 0 Å². The van der Waals surface area contributed by atoms with Crippen molar-refractivity contribution in [2.45, 2.75) is 26.8 Å². The van der Waals surface area contributed by atoms with Crippen molar-refractivity contribution in [3.05, 3.63) is 45.8 Å². The second kappa shape index (κ2) is 7.00. The predicted octanol–water partition coefficient (Wildman–Crippen LogP) is 4.20. The molecule has 4 nitrogen and oxygen atoms in total. The molecular formula is C16H20BrNO3. The van der Waals surface area contributed by atoms with Crippen molar-refractivity contribution in [2.24, 2.45) is 5.73 Å². The molecule has 1 aromatic carbocycles. The van der Waals surface area contributed by atoms with Gasteiger partial charge in [-0.25, -0.2) is 0 Å². The van der Waals surface area contributed by atoms with Crippen molar-refractivity contribution in [1.29, 1.82) is 0 Å². The van der Waals surface area contributed by atoms with E-state index in [0.29, 0.717) is 24.7 Å². The van der Waals surface area contributed by atoms with Gasteiger partial charge in [-0.15, -0.1) is 0 Å². The van der Waals surface area contributed by atoms with Crippen LogP contribution in [0.4, 0.5) is 0 Å². The molecule has 2 rings (SSSR count). The average Bonchev–Trinajstić information content (AvgIpc) is 2.87. The lowest BCUT2D eigenvalue weighted by atomic mass is 10.0. The summed E-state index contributed by atoms with van der Waals surface area (Å²) in [5.74, 6) is 2.15. The molecule has 0 bridgehead atoms. The van der Waals surface area contributed by atoms with E-state index in [0.717, 1.165) is 21.4 Å². The van der Waals surface area contributed by atoms with Crippen LogP contribution in [0.5, 0.6) is 11.5 Å². The summed E-state index contributed by atoms with van der Waals surface area (Å²) in [7, 11) is 0. The van der Waals surface area contributed by atoms with Crippen LogP contribution in [0, 0.1) is 6.92 Å². The molecule has 0 spiro atoms. The van der Waals surface area contributed by atoms with E-state index in [1.807, 2.05) is 39.0 Å². The summed E-state index contributed by atoms with van der Waals surface area (Å²) in [5.41, 5.74) is 8.26. The summed E-state index contributed by atoms with van der Waals surface area (Å²) >= 11 is 3.56. The standard InChI is InChI=1S/C16H20BrNO3/c1-4-19-13-8-11(12(17)9-14(13)20-5-2)15(18)16-10(3)6-7-21-16/h6-9,15H,4-5,18H2,1-3H3. The van der Waals surface area contributed by atoms with E-state index in [4.69, 9.17) is 19.6 Å². The minimum Gasteiger partial charge on any atom is -0.490 e. The molecule has 0 aliphatic heterocycles. The van der Waals surface area contributed by atoms with Crippen LogP contribution < -0.4 is 15.2 Å². The molecule has 0 radical (unpaired) electrons. The molecule has 114 valence electrons. The summed E-state index contributed by atoms with van der Waals surface area (Å²) in [6, 6.07) is 5.35. The topological polar surface area (TPSA) is 57.6 Å². The molecule has 1 atom stereocenters. The van der Waals surface area contributed by atoms with Crippen molar-refractivity contribution in [3.8, 4) is 11.5 Å². The van der Waals surface area contributed by atoms with Crippen LogP contribution in [-0.2, 0) is 0 Å². The molecule has 21 heavy (non-hydrogen) atoms. The number of halogens is 1. The van der Waals surface area contributed by atoms with Gasteiger partial charge in [0, 0.05) is 4.47 Å². The Kier molecular flexibility index (Phi) is 5.31. The van der Waals surface area contributed by atoms with Crippen molar-refractivity contribution >= 4 is 15.9 Å². The Morgan fingerprint density at radius 1 is 1.19 bits per heavy atom. The summed E-state index contributed by atoms with van der Waals surface area (Å²) in [5, 5.41) is 0. The summed E-state index contributed by atoms with van der Waals surface area (Å²) in [6.45, 7) is 7.00. The van der Waals surface area contributed by atoms with Crippen LogP contribution in [0.3, 0.4) is 0 Å². The maximum Gasteiger partial charge on any atom is 0.162 e. The number of aryl methyl sites for hydroxylation is 1. The first-order chi connectivity index (χ1) is 10.1. The van der Waals surface area contributed by atoms with Crippen LogP contribution >= 0.6 is 15.9 Å². The zero-order chi connectivity index (χ0) is 15.4. The van der Waals surface area contributed by atoms with Gasteiger partial charge in [-0.05, 0) is 50.1 Å². The molecule has 5 heteroatoms. The smallest absolute Gasteiger partial charge is 0.162 e. The van der Waals surface area contributed by atoms with Crippen LogP contribution in [0.25, 0.3) is 0 Å². The highest BCUT2D eigenvalue weighted by atomic mass is 79.9. The summed E-state index contributed by atoms with van der Waals surface area (Å²) in [6.07, 6.45) is 1.65. The fraction of sp³-hybridized carbons (Fsp3) is 0.375. The van der Waals surface area contributed by atoms with E-state index in [2.05, 4.69) is 15.9 Å². The molecule has 1 heterocycles. The molecule has 0 aliphatic rings. The molecule has 2 N–H and O–H groups in total. The minimum absolute atomic E-state index is 0.357. The van der Waals surface area contributed by atoms with E-state index < -0.39 is 0 Å². The number of furan rings is 1. The van der Waals surface area contributed by atoms with Crippen molar-refractivity contribution in [2.75, 3.05) is 13.2 Å². The maximum absolute atomic E-state index is 6.33. The Labute approximate surface area is 133 Å². The van der Waals surface area contributed by atoms with Gasteiger partial charge in [-0.3, -0.25) is 0 Å². The Balaban J connectivity index is 2.44. The van der Waals surface area contributed by atoms with E-state index >= 15 is 0 Å². The number of nitrogens with two attached hydrogens (primary N) is 1. The lowest BCUT2D eigenvalue weighted by Crippen LogP contribution is -2.13. The molecule has 1 aromatic heterocycles. The maximum atomic E-state index is 6.33. The third-order valence-electron chi connectivity index (χ3n) is 3.18. The Bertz CT molecular complexity index is 610. The lowest BCUT2D eigenvalue weighted by molar-refractivity contribution is 0.287. The first-order valence-corrected chi connectivity index (χ1v) is 7.76. The molecule has 1 unspecified atom stereocenters. The molecular weight excluding hydrogens is 334 g/mol. The highest BCUT2D eigenvalue weighted by molar-refractivity contribution is 9.10. The zero-order valence-corrected chi connectivity index (χ0v) is 14.1. The van der Waals surface area contributed by atoms with Gasteiger partial charge in [0.2, 0.25) is 0 Å². The fourth-order valence-corrected chi connectivity index (χ4v) is 2.74. The highest BCUT2D eigenvalue weighted by Gasteiger charge is 2.20. The second-order valence-electron chi connectivity index (χ2n) is 4.63. The Morgan fingerprint density at radius 2 is 1.81 bits per heavy atom. The van der Waals surface area contributed by atoms with Gasteiger partial charge in [-0.1, -0.05) is 15.9 Å². The monoisotopic (exact) mass is 353 g/mol. The number of benzene rings is 1. The van der Waals surface area contributed by atoms with Crippen LogP contribution in [0.2, 0.25) is 0 Å². The summed E-state index contributed by atoms with van der Waals surface area (Å²) < 4.78 is 17.6. The number of ether oxygens (including phenoxy) is 2. The molecule has 0 saturated carbocycles. The van der Waals surface area contributed by atoms with Crippen molar-refractivity contribution in [1.82, 2.24) is 0 Å². The fourth-order valence-electron chi connectivity index (χ4n) is 2.17. The molecule has 0 aliphatic carbocycles.